The van der Waals surface area contributed by atoms with Gasteiger partial charge >= 0.3 is 0 Å². The minimum absolute atomic E-state index is 0.0943. The third kappa shape index (κ3) is 2.68. The first kappa shape index (κ1) is 10.9. The monoisotopic (exact) mass is 196 g/mol. The molecule has 0 aliphatic carbocycles. The summed E-state index contributed by atoms with van der Waals surface area (Å²) in [6, 6.07) is 3.60. The number of anilines is 1. The number of aliphatic hydroxyl groups is 2. The predicted octanol–water partition coefficient (Wildman–Crippen LogP) is 0.563. The molecule has 0 saturated heterocycles. The van der Waals surface area contributed by atoms with E-state index in [1.54, 1.807) is 19.2 Å². The van der Waals surface area contributed by atoms with Crippen LogP contribution in [0.4, 0.5) is 5.82 Å². The summed E-state index contributed by atoms with van der Waals surface area (Å²) >= 11 is 0. The maximum atomic E-state index is 9.36. The molecule has 1 aromatic heterocycles. The molecule has 0 aliphatic rings. The highest BCUT2D eigenvalue weighted by Crippen LogP contribution is 2.16. The van der Waals surface area contributed by atoms with Crippen molar-refractivity contribution in [1.82, 2.24) is 4.98 Å². The number of pyridine rings is 1. The Morgan fingerprint density at radius 1 is 1.57 bits per heavy atom. The summed E-state index contributed by atoms with van der Waals surface area (Å²) in [7, 11) is 1.85. The van der Waals surface area contributed by atoms with Crippen LogP contribution in [0.5, 0.6) is 0 Å². The Balaban J connectivity index is 2.82. The predicted molar refractivity (Wildman–Crippen MR) is 55.2 cm³/mol. The summed E-state index contributed by atoms with van der Waals surface area (Å²) in [6.07, 6.45) is 1.17. The van der Waals surface area contributed by atoms with E-state index in [0.29, 0.717) is 6.54 Å². The fraction of sp³-hybridized carbons (Fsp3) is 0.500. The molecule has 0 radical (unpaired) electrons. The molecule has 1 heterocycles. The molecule has 1 rings (SSSR count). The van der Waals surface area contributed by atoms with Crippen LogP contribution in [-0.2, 0) is 0 Å². The van der Waals surface area contributed by atoms with Crippen LogP contribution >= 0.6 is 0 Å². The second kappa shape index (κ2) is 4.93. The topological polar surface area (TPSA) is 56.6 Å². The molecular weight excluding hydrogens is 180 g/mol. The number of nitrogens with zero attached hydrogens (tertiary/aromatic N) is 2. The lowest BCUT2D eigenvalue weighted by Gasteiger charge is -2.17. The van der Waals surface area contributed by atoms with Crippen molar-refractivity contribution >= 4 is 5.82 Å². The zero-order valence-electron chi connectivity index (χ0n) is 8.51. The van der Waals surface area contributed by atoms with Gasteiger partial charge in [-0.1, -0.05) is 0 Å². The summed E-state index contributed by atoms with van der Waals surface area (Å²) in [5, 5.41) is 18.1. The molecule has 0 saturated carbocycles. The lowest BCUT2D eigenvalue weighted by atomic mass is 10.2. The summed E-state index contributed by atoms with van der Waals surface area (Å²) in [4.78, 5) is 5.98. The molecule has 2 N–H and O–H groups in total. The Kier molecular flexibility index (Phi) is 3.85. The maximum absolute atomic E-state index is 9.36. The van der Waals surface area contributed by atoms with Gasteiger partial charge in [-0.25, -0.2) is 4.98 Å². The van der Waals surface area contributed by atoms with Gasteiger partial charge in [0.2, 0.25) is 0 Å². The Morgan fingerprint density at radius 3 is 2.86 bits per heavy atom. The quantitative estimate of drug-likeness (QED) is 0.739. The van der Waals surface area contributed by atoms with Gasteiger partial charge < -0.3 is 15.1 Å². The molecule has 1 unspecified atom stereocenters. The average molecular weight is 196 g/mol. The minimum Gasteiger partial charge on any atom is -0.395 e. The molecule has 78 valence electrons. The van der Waals surface area contributed by atoms with Gasteiger partial charge in [0, 0.05) is 19.8 Å². The number of likely N-dealkylation sites (N-methyl/N-ethyl adjacent to an activating group) is 1. The van der Waals surface area contributed by atoms with E-state index in [1.807, 2.05) is 18.0 Å². The molecule has 0 fully saturated rings. The van der Waals surface area contributed by atoms with Crippen molar-refractivity contribution in [1.29, 1.82) is 0 Å². The van der Waals surface area contributed by atoms with Crippen LogP contribution in [0, 0.1) is 0 Å². The van der Waals surface area contributed by atoms with Gasteiger partial charge in [-0.15, -0.1) is 0 Å². The van der Waals surface area contributed by atoms with Gasteiger partial charge in [0.15, 0.2) is 0 Å². The van der Waals surface area contributed by atoms with E-state index in [0.717, 1.165) is 11.4 Å². The van der Waals surface area contributed by atoms with E-state index < -0.39 is 6.10 Å². The lowest BCUT2D eigenvalue weighted by Crippen LogP contribution is -2.22. The second-order valence-electron chi connectivity index (χ2n) is 3.27. The number of hydrogen-bond acceptors (Lipinski definition) is 4. The zero-order valence-corrected chi connectivity index (χ0v) is 8.51. The van der Waals surface area contributed by atoms with Crippen LogP contribution in [0.3, 0.4) is 0 Å². The van der Waals surface area contributed by atoms with Crippen molar-refractivity contribution < 1.29 is 10.2 Å². The molecule has 0 bridgehead atoms. The van der Waals surface area contributed by atoms with Gasteiger partial charge in [0.05, 0.1) is 12.7 Å². The standard InChI is InChI=1S/C10H16N2O2/c1-8(14)9-3-4-11-10(7-9)12(2)5-6-13/h3-4,7-8,13-14H,5-6H2,1-2H3. The molecule has 14 heavy (non-hydrogen) atoms. The van der Waals surface area contributed by atoms with Gasteiger partial charge in [-0.2, -0.15) is 0 Å². The Bertz CT molecular complexity index is 289. The van der Waals surface area contributed by atoms with Crippen molar-refractivity contribution in [3.63, 3.8) is 0 Å². The van der Waals surface area contributed by atoms with E-state index >= 15 is 0 Å². The normalized spacial score (nSPS) is 12.6. The second-order valence-corrected chi connectivity index (χ2v) is 3.27. The van der Waals surface area contributed by atoms with Crippen molar-refractivity contribution in [2.75, 3.05) is 25.1 Å². The molecule has 1 aromatic rings. The van der Waals surface area contributed by atoms with E-state index in [4.69, 9.17) is 5.11 Å². The molecule has 0 amide bonds. The first-order valence-electron chi connectivity index (χ1n) is 4.61. The Morgan fingerprint density at radius 2 is 2.29 bits per heavy atom. The van der Waals surface area contributed by atoms with Gasteiger partial charge in [0.25, 0.3) is 0 Å². The van der Waals surface area contributed by atoms with Gasteiger partial charge in [-0.05, 0) is 24.6 Å². The summed E-state index contributed by atoms with van der Waals surface area (Å²) in [5.74, 6) is 0.762. The van der Waals surface area contributed by atoms with E-state index in [9.17, 15) is 5.11 Å². The van der Waals surface area contributed by atoms with Crippen LogP contribution in [0.15, 0.2) is 18.3 Å². The van der Waals surface area contributed by atoms with Crippen LogP contribution in [-0.4, -0.2) is 35.4 Å². The fourth-order valence-corrected chi connectivity index (χ4v) is 1.17. The van der Waals surface area contributed by atoms with Crippen LogP contribution < -0.4 is 4.90 Å². The maximum Gasteiger partial charge on any atom is 0.128 e. The highest BCUT2D eigenvalue weighted by Gasteiger charge is 2.05. The van der Waals surface area contributed by atoms with Crippen LogP contribution in [0.2, 0.25) is 0 Å². The molecular formula is C10H16N2O2. The molecule has 0 spiro atoms. The molecule has 4 heteroatoms. The molecule has 0 aromatic carbocycles. The first-order chi connectivity index (χ1) is 6.65. The molecule has 0 aliphatic heterocycles. The SMILES string of the molecule is CC(O)c1ccnc(N(C)CCO)c1. The number of aliphatic hydroxyl groups excluding tert-OH is 2. The van der Waals surface area contributed by atoms with E-state index in [2.05, 4.69) is 4.98 Å². The van der Waals surface area contributed by atoms with E-state index in [1.165, 1.54) is 0 Å². The van der Waals surface area contributed by atoms with Gasteiger partial charge in [-0.3, -0.25) is 0 Å². The van der Waals surface area contributed by atoms with Crippen molar-refractivity contribution in [3.05, 3.63) is 23.9 Å². The minimum atomic E-state index is -0.487. The lowest BCUT2D eigenvalue weighted by molar-refractivity contribution is 0.199. The van der Waals surface area contributed by atoms with Gasteiger partial charge in [0.1, 0.15) is 5.82 Å². The summed E-state index contributed by atoms with van der Waals surface area (Å²) < 4.78 is 0. The number of hydrogen-bond donors (Lipinski definition) is 2. The van der Waals surface area contributed by atoms with Crippen molar-refractivity contribution in [3.8, 4) is 0 Å². The van der Waals surface area contributed by atoms with Crippen LogP contribution in [0.25, 0.3) is 0 Å². The average Bonchev–Trinajstić information content (AvgIpc) is 2.18. The fourth-order valence-electron chi connectivity index (χ4n) is 1.17. The first-order valence-corrected chi connectivity index (χ1v) is 4.61. The smallest absolute Gasteiger partial charge is 0.128 e. The van der Waals surface area contributed by atoms with Crippen molar-refractivity contribution in [2.45, 2.75) is 13.0 Å². The highest BCUT2D eigenvalue weighted by molar-refractivity contribution is 5.40. The number of aromatic nitrogens is 1. The summed E-state index contributed by atoms with van der Waals surface area (Å²) in [6.45, 7) is 2.35. The zero-order chi connectivity index (χ0) is 10.6. The Hall–Kier alpha value is -1.13. The third-order valence-corrected chi connectivity index (χ3v) is 2.08. The molecule has 1 atom stereocenters. The third-order valence-electron chi connectivity index (χ3n) is 2.08. The van der Waals surface area contributed by atoms with Crippen LogP contribution in [0.1, 0.15) is 18.6 Å². The largest absolute Gasteiger partial charge is 0.395 e. The van der Waals surface area contributed by atoms with E-state index in [-0.39, 0.29) is 6.61 Å². The van der Waals surface area contributed by atoms with Crippen molar-refractivity contribution in [2.24, 2.45) is 0 Å². The highest BCUT2D eigenvalue weighted by atomic mass is 16.3. The number of rotatable bonds is 4. The molecule has 4 nitrogen and oxygen atoms in total. The Labute approximate surface area is 83.8 Å². The summed E-state index contributed by atoms with van der Waals surface area (Å²) in [5.41, 5.74) is 0.833.